The van der Waals surface area contributed by atoms with Gasteiger partial charge in [0.2, 0.25) is 0 Å². The first-order chi connectivity index (χ1) is 13.5. The first-order valence-electron chi connectivity index (χ1n) is 9.28. The number of halogens is 1. The van der Waals surface area contributed by atoms with Crippen molar-refractivity contribution in [2.75, 3.05) is 20.6 Å². The Kier molecular flexibility index (Phi) is 6.55. The molecule has 1 amide bonds. The van der Waals surface area contributed by atoms with Crippen LogP contribution < -0.4 is 5.32 Å². The quantitative estimate of drug-likeness (QED) is 0.651. The van der Waals surface area contributed by atoms with E-state index in [1.165, 1.54) is 12.1 Å². The lowest BCUT2D eigenvalue weighted by Crippen LogP contribution is -2.31. The number of carbonyl (C=O) groups excluding carboxylic acids is 1. The lowest BCUT2D eigenvalue weighted by Gasteiger charge is -2.21. The van der Waals surface area contributed by atoms with Gasteiger partial charge in [0.05, 0.1) is 12.6 Å². The average Bonchev–Trinajstić information content (AvgIpc) is 3.19. The van der Waals surface area contributed by atoms with E-state index in [1.807, 2.05) is 55.3 Å². The molecule has 0 spiro atoms. The van der Waals surface area contributed by atoms with Crippen LogP contribution in [0.5, 0.6) is 0 Å². The molecule has 0 saturated heterocycles. The van der Waals surface area contributed by atoms with Gasteiger partial charge in [0.15, 0.2) is 0 Å². The fraction of sp³-hybridized carbons (Fsp3) is 0.273. The number of carbonyl (C=O) groups is 1. The highest BCUT2D eigenvalue weighted by Gasteiger charge is 2.16. The maximum Gasteiger partial charge on any atom is 0.251 e. The van der Waals surface area contributed by atoms with Crippen molar-refractivity contribution in [1.29, 1.82) is 0 Å². The minimum atomic E-state index is -0.283. The van der Waals surface area contributed by atoms with Gasteiger partial charge in [-0.25, -0.2) is 4.39 Å². The van der Waals surface area contributed by atoms with Crippen LogP contribution in [0.15, 0.2) is 67.0 Å². The smallest absolute Gasteiger partial charge is 0.251 e. The first kappa shape index (κ1) is 19.8. The molecule has 0 aliphatic heterocycles. The van der Waals surface area contributed by atoms with Gasteiger partial charge in [-0.2, -0.15) is 5.10 Å². The molecular weight excluding hydrogens is 355 g/mol. The van der Waals surface area contributed by atoms with Crippen LogP contribution in [0, 0.1) is 5.82 Å². The summed E-state index contributed by atoms with van der Waals surface area (Å²) >= 11 is 0. The van der Waals surface area contributed by atoms with Crippen LogP contribution in [0.1, 0.15) is 33.9 Å². The van der Waals surface area contributed by atoms with Crippen molar-refractivity contribution in [2.24, 2.45) is 0 Å². The fourth-order valence-corrected chi connectivity index (χ4v) is 2.99. The Bertz CT molecular complexity index is 874. The maximum absolute atomic E-state index is 13.3. The lowest BCUT2D eigenvalue weighted by molar-refractivity contribution is 0.0932. The average molecular weight is 380 g/mol. The molecule has 0 bridgehead atoms. The van der Waals surface area contributed by atoms with E-state index in [1.54, 1.807) is 18.3 Å². The van der Waals surface area contributed by atoms with Gasteiger partial charge in [0, 0.05) is 18.0 Å². The maximum atomic E-state index is 13.3. The largest absolute Gasteiger partial charge is 0.345 e. The lowest BCUT2D eigenvalue weighted by atomic mass is 10.0. The van der Waals surface area contributed by atoms with Gasteiger partial charge in [-0.15, -0.1) is 0 Å². The topological polar surface area (TPSA) is 50.2 Å². The number of rotatable bonds is 8. The summed E-state index contributed by atoms with van der Waals surface area (Å²) in [6.07, 6.45) is 4.38. The Morgan fingerprint density at radius 3 is 2.46 bits per heavy atom. The van der Waals surface area contributed by atoms with Crippen LogP contribution in [-0.4, -0.2) is 41.2 Å². The molecule has 1 N–H and O–H groups in total. The summed E-state index contributed by atoms with van der Waals surface area (Å²) in [7, 11) is 3.98. The van der Waals surface area contributed by atoms with Gasteiger partial charge < -0.3 is 10.2 Å². The van der Waals surface area contributed by atoms with Crippen molar-refractivity contribution in [2.45, 2.75) is 19.0 Å². The zero-order chi connectivity index (χ0) is 19.9. The highest BCUT2D eigenvalue weighted by molar-refractivity contribution is 5.94. The monoisotopic (exact) mass is 380 g/mol. The molecule has 3 aromatic rings. The molecule has 1 heterocycles. The minimum absolute atomic E-state index is 0.140. The molecule has 2 aromatic carbocycles. The third-order valence-electron chi connectivity index (χ3n) is 4.56. The highest BCUT2D eigenvalue weighted by atomic mass is 19.1. The Morgan fingerprint density at radius 2 is 1.86 bits per heavy atom. The van der Waals surface area contributed by atoms with Gasteiger partial charge in [0.25, 0.3) is 5.91 Å². The van der Waals surface area contributed by atoms with Gasteiger partial charge in [-0.3, -0.25) is 9.48 Å². The van der Waals surface area contributed by atoms with E-state index in [2.05, 4.69) is 15.3 Å². The van der Waals surface area contributed by atoms with Crippen molar-refractivity contribution >= 4 is 5.91 Å². The second kappa shape index (κ2) is 9.28. The molecule has 0 aliphatic rings. The fourth-order valence-electron chi connectivity index (χ4n) is 2.99. The molecule has 0 fully saturated rings. The Hall–Kier alpha value is -2.99. The predicted molar refractivity (Wildman–Crippen MR) is 108 cm³/mol. The highest BCUT2D eigenvalue weighted by Crippen LogP contribution is 2.19. The summed E-state index contributed by atoms with van der Waals surface area (Å²) in [4.78, 5) is 14.8. The van der Waals surface area contributed by atoms with E-state index in [0.29, 0.717) is 12.1 Å². The molecule has 0 radical (unpaired) electrons. The standard InChI is InChI=1S/C22H25FN4O/c1-26(2)15-12-21(18-8-10-20(23)11-9-18)25-22(28)19-6-4-17(5-7-19)16-27-14-3-13-24-27/h3-11,13-14,21H,12,15-16H2,1-2H3,(H,25,28). The number of amides is 1. The number of hydrogen-bond donors (Lipinski definition) is 1. The van der Waals surface area contributed by atoms with Crippen molar-refractivity contribution in [3.05, 3.63) is 89.5 Å². The summed E-state index contributed by atoms with van der Waals surface area (Å²) in [6.45, 7) is 1.47. The number of nitrogens with zero attached hydrogens (tertiary/aromatic N) is 3. The van der Waals surface area contributed by atoms with Crippen molar-refractivity contribution in [1.82, 2.24) is 20.0 Å². The summed E-state index contributed by atoms with van der Waals surface area (Å²) in [6, 6.07) is 15.5. The van der Waals surface area contributed by atoms with Crippen molar-refractivity contribution < 1.29 is 9.18 Å². The Balaban J connectivity index is 1.68. The first-order valence-corrected chi connectivity index (χ1v) is 9.28. The predicted octanol–water partition coefficient (Wildman–Crippen LogP) is 3.49. The van der Waals surface area contributed by atoms with Crippen LogP contribution in [0.3, 0.4) is 0 Å². The summed E-state index contributed by atoms with van der Waals surface area (Å²) in [5.41, 5.74) is 2.57. The van der Waals surface area contributed by atoms with E-state index in [4.69, 9.17) is 0 Å². The van der Waals surface area contributed by atoms with Crippen LogP contribution in [0.25, 0.3) is 0 Å². The third kappa shape index (κ3) is 5.50. The van der Waals surface area contributed by atoms with Crippen LogP contribution in [0.2, 0.25) is 0 Å². The number of hydrogen-bond acceptors (Lipinski definition) is 3. The van der Waals surface area contributed by atoms with E-state index >= 15 is 0 Å². The second-order valence-electron chi connectivity index (χ2n) is 7.07. The summed E-state index contributed by atoms with van der Waals surface area (Å²) in [5, 5.41) is 7.27. The molecule has 1 aromatic heterocycles. The molecule has 5 nitrogen and oxygen atoms in total. The third-order valence-corrected chi connectivity index (χ3v) is 4.56. The number of aromatic nitrogens is 2. The molecule has 6 heteroatoms. The molecule has 0 saturated carbocycles. The normalized spacial score (nSPS) is 12.1. The molecule has 3 rings (SSSR count). The van der Waals surface area contributed by atoms with E-state index in [0.717, 1.165) is 24.1 Å². The van der Waals surface area contributed by atoms with Crippen LogP contribution >= 0.6 is 0 Å². The molecule has 28 heavy (non-hydrogen) atoms. The molecule has 146 valence electrons. The Labute approximate surface area is 164 Å². The van der Waals surface area contributed by atoms with Gasteiger partial charge in [-0.05, 0) is 68.5 Å². The number of nitrogens with one attached hydrogen (secondary N) is 1. The van der Waals surface area contributed by atoms with Crippen molar-refractivity contribution in [3.63, 3.8) is 0 Å². The van der Waals surface area contributed by atoms with Gasteiger partial charge >= 0.3 is 0 Å². The van der Waals surface area contributed by atoms with Gasteiger partial charge in [-0.1, -0.05) is 24.3 Å². The van der Waals surface area contributed by atoms with E-state index in [-0.39, 0.29) is 17.8 Å². The van der Waals surface area contributed by atoms with Crippen molar-refractivity contribution in [3.8, 4) is 0 Å². The molecular formula is C22H25FN4O. The summed E-state index contributed by atoms with van der Waals surface area (Å²) in [5.74, 6) is -0.423. The van der Waals surface area contributed by atoms with E-state index < -0.39 is 0 Å². The Morgan fingerprint density at radius 1 is 1.14 bits per heavy atom. The minimum Gasteiger partial charge on any atom is -0.345 e. The number of benzene rings is 2. The molecule has 0 aliphatic carbocycles. The zero-order valence-electron chi connectivity index (χ0n) is 16.2. The van der Waals surface area contributed by atoms with E-state index in [9.17, 15) is 9.18 Å². The zero-order valence-corrected chi connectivity index (χ0v) is 16.2. The van der Waals surface area contributed by atoms with Crippen LogP contribution in [0.4, 0.5) is 4.39 Å². The van der Waals surface area contributed by atoms with Crippen LogP contribution in [-0.2, 0) is 6.54 Å². The van der Waals surface area contributed by atoms with Gasteiger partial charge in [0.1, 0.15) is 5.82 Å². The molecule has 1 unspecified atom stereocenters. The SMILES string of the molecule is CN(C)CCC(NC(=O)c1ccc(Cn2cccn2)cc1)c1ccc(F)cc1. The summed E-state index contributed by atoms with van der Waals surface area (Å²) < 4.78 is 15.1. The molecule has 1 atom stereocenters. The second-order valence-corrected chi connectivity index (χ2v) is 7.07.